The molecule has 9 heteroatoms. The van der Waals surface area contributed by atoms with Crippen molar-refractivity contribution in [3.63, 3.8) is 0 Å². The zero-order chi connectivity index (χ0) is 25.1. The van der Waals surface area contributed by atoms with Crippen molar-refractivity contribution in [1.82, 2.24) is 4.90 Å². The summed E-state index contributed by atoms with van der Waals surface area (Å²) < 4.78 is 12.5. The SMILES string of the molecule is COc1cc(/C=C2\SC(=O)N(Cc3ccc(Cl)cc3Cl)C2=O)cc(I)c1OCc1ccccc1C. The number of carbonyl (C=O) groups excluding carboxylic acids is 2. The first-order valence-electron chi connectivity index (χ1n) is 10.5. The van der Waals surface area contributed by atoms with Crippen molar-refractivity contribution in [2.24, 2.45) is 0 Å². The van der Waals surface area contributed by atoms with Gasteiger partial charge in [-0.05, 0) is 93.9 Å². The molecule has 1 saturated heterocycles. The second-order valence-corrected chi connectivity index (χ2v) is 10.8. The Bertz CT molecular complexity index is 1340. The molecule has 3 aromatic carbocycles. The van der Waals surface area contributed by atoms with Crippen LogP contribution in [0.15, 0.2) is 59.5 Å². The molecule has 0 aliphatic carbocycles. The summed E-state index contributed by atoms with van der Waals surface area (Å²) in [5.74, 6) is 0.794. The number of hydrogen-bond donors (Lipinski definition) is 0. The quantitative estimate of drug-likeness (QED) is 0.196. The molecule has 2 amide bonds. The summed E-state index contributed by atoms with van der Waals surface area (Å²) in [6, 6.07) is 16.7. The van der Waals surface area contributed by atoms with Gasteiger partial charge in [0.2, 0.25) is 0 Å². The van der Waals surface area contributed by atoms with Crippen molar-refractivity contribution < 1.29 is 19.1 Å². The van der Waals surface area contributed by atoms with Gasteiger partial charge in [-0.2, -0.15) is 0 Å². The van der Waals surface area contributed by atoms with Crippen LogP contribution in [0.4, 0.5) is 4.79 Å². The monoisotopic (exact) mass is 639 g/mol. The third kappa shape index (κ3) is 5.97. The fourth-order valence-corrected chi connectivity index (χ4v) is 5.58. The molecule has 4 rings (SSSR count). The summed E-state index contributed by atoms with van der Waals surface area (Å²) in [6.45, 7) is 2.52. The van der Waals surface area contributed by atoms with Crippen molar-refractivity contribution in [2.75, 3.05) is 7.11 Å². The second kappa shape index (κ2) is 11.2. The summed E-state index contributed by atoms with van der Waals surface area (Å²) in [6.07, 6.45) is 1.68. The fourth-order valence-electron chi connectivity index (χ4n) is 3.49. The number of halogens is 3. The van der Waals surface area contributed by atoms with Gasteiger partial charge in [0, 0.05) is 10.0 Å². The number of hydrogen-bond acceptors (Lipinski definition) is 5. The Balaban J connectivity index is 1.54. The smallest absolute Gasteiger partial charge is 0.293 e. The summed E-state index contributed by atoms with van der Waals surface area (Å²) in [5, 5.41) is 0.538. The highest BCUT2D eigenvalue weighted by atomic mass is 127. The molecule has 180 valence electrons. The van der Waals surface area contributed by atoms with Gasteiger partial charge in [0.05, 0.1) is 22.1 Å². The van der Waals surface area contributed by atoms with E-state index in [9.17, 15) is 9.59 Å². The zero-order valence-corrected chi connectivity index (χ0v) is 23.3. The maximum Gasteiger partial charge on any atom is 0.293 e. The number of carbonyl (C=O) groups is 2. The van der Waals surface area contributed by atoms with Crippen molar-refractivity contribution in [2.45, 2.75) is 20.1 Å². The number of amides is 2. The molecule has 0 atom stereocenters. The van der Waals surface area contributed by atoms with Crippen LogP contribution in [0.5, 0.6) is 11.5 Å². The lowest BCUT2D eigenvalue weighted by molar-refractivity contribution is -0.123. The Hall–Kier alpha value is -2.20. The predicted molar refractivity (Wildman–Crippen MR) is 149 cm³/mol. The lowest BCUT2D eigenvalue weighted by atomic mass is 10.1. The standard InChI is InChI=1S/C26H20Cl2INO4S/c1-15-5-3-4-6-18(15)14-34-24-21(29)9-16(10-22(24)33-2)11-23-25(31)30(26(32)35-23)13-17-7-8-19(27)12-20(17)28/h3-12H,13-14H2,1-2H3/b23-11-. The van der Waals surface area contributed by atoms with Gasteiger partial charge < -0.3 is 9.47 Å². The Morgan fingerprint density at radius 2 is 1.83 bits per heavy atom. The minimum absolute atomic E-state index is 0.0740. The molecular formula is C26H20Cl2INO4S. The largest absolute Gasteiger partial charge is 0.493 e. The van der Waals surface area contributed by atoms with Crippen LogP contribution in [0.3, 0.4) is 0 Å². The van der Waals surface area contributed by atoms with E-state index in [4.69, 9.17) is 32.7 Å². The topological polar surface area (TPSA) is 55.8 Å². The van der Waals surface area contributed by atoms with Gasteiger partial charge in [-0.15, -0.1) is 0 Å². The van der Waals surface area contributed by atoms with Crippen LogP contribution >= 0.6 is 57.6 Å². The molecular weight excluding hydrogens is 620 g/mol. The number of aryl methyl sites for hydroxylation is 1. The summed E-state index contributed by atoms with van der Waals surface area (Å²) >= 11 is 15.2. The number of imide groups is 1. The average molecular weight is 640 g/mol. The molecule has 0 radical (unpaired) electrons. The molecule has 0 bridgehead atoms. The Kier molecular flexibility index (Phi) is 8.31. The summed E-state index contributed by atoms with van der Waals surface area (Å²) in [5.41, 5.74) is 3.60. The van der Waals surface area contributed by atoms with E-state index < -0.39 is 0 Å². The first kappa shape index (κ1) is 25.9. The number of ether oxygens (including phenoxy) is 2. The van der Waals surface area contributed by atoms with Crippen molar-refractivity contribution in [1.29, 1.82) is 0 Å². The molecule has 1 fully saturated rings. The molecule has 0 aromatic heterocycles. The van der Waals surface area contributed by atoms with Gasteiger partial charge >= 0.3 is 0 Å². The highest BCUT2D eigenvalue weighted by Crippen LogP contribution is 2.38. The van der Waals surface area contributed by atoms with E-state index >= 15 is 0 Å². The van der Waals surface area contributed by atoms with Crippen LogP contribution in [-0.4, -0.2) is 23.2 Å². The highest BCUT2D eigenvalue weighted by Gasteiger charge is 2.35. The molecule has 0 unspecified atom stereocenters. The lowest BCUT2D eigenvalue weighted by Gasteiger charge is -2.15. The van der Waals surface area contributed by atoms with E-state index in [0.29, 0.717) is 38.6 Å². The van der Waals surface area contributed by atoms with Crippen LogP contribution in [0.2, 0.25) is 10.0 Å². The van der Waals surface area contributed by atoms with E-state index in [1.54, 1.807) is 37.5 Å². The van der Waals surface area contributed by atoms with Crippen LogP contribution in [0.1, 0.15) is 22.3 Å². The molecule has 1 aliphatic rings. The zero-order valence-electron chi connectivity index (χ0n) is 18.8. The van der Waals surface area contributed by atoms with E-state index in [2.05, 4.69) is 22.6 Å². The van der Waals surface area contributed by atoms with E-state index in [-0.39, 0.29) is 17.7 Å². The summed E-state index contributed by atoms with van der Waals surface area (Å²) in [4.78, 5) is 27.1. The molecule has 0 spiro atoms. The Morgan fingerprint density at radius 3 is 2.54 bits per heavy atom. The van der Waals surface area contributed by atoms with Crippen LogP contribution in [0.25, 0.3) is 6.08 Å². The molecule has 0 saturated carbocycles. The van der Waals surface area contributed by atoms with Gasteiger partial charge in [-0.1, -0.05) is 53.5 Å². The fraction of sp³-hybridized carbons (Fsp3) is 0.154. The van der Waals surface area contributed by atoms with Crippen molar-refractivity contribution >= 4 is 74.8 Å². The van der Waals surface area contributed by atoms with E-state index in [0.717, 1.165) is 32.0 Å². The molecule has 5 nitrogen and oxygen atoms in total. The van der Waals surface area contributed by atoms with E-state index in [1.807, 2.05) is 37.3 Å². The number of benzene rings is 3. The minimum atomic E-state index is -0.375. The van der Waals surface area contributed by atoms with Crippen LogP contribution in [-0.2, 0) is 17.9 Å². The third-order valence-corrected chi connectivity index (χ3v) is 7.70. The molecule has 35 heavy (non-hydrogen) atoms. The second-order valence-electron chi connectivity index (χ2n) is 7.75. The van der Waals surface area contributed by atoms with Crippen LogP contribution < -0.4 is 9.47 Å². The van der Waals surface area contributed by atoms with Gasteiger partial charge in [-0.3, -0.25) is 14.5 Å². The Morgan fingerprint density at radius 1 is 1.06 bits per heavy atom. The maximum absolute atomic E-state index is 13.0. The third-order valence-electron chi connectivity index (χ3n) is 5.40. The van der Waals surface area contributed by atoms with Gasteiger partial charge in [-0.25, -0.2) is 0 Å². The van der Waals surface area contributed by atoms with Gasteiger partial charge in [0.1, 0.15) is 6.61 Å². The van der Waals surface area contributed by atoms with Crippen molar-refractivity contribution in [3.05, 3.63) is 95.4 Å². The first-order valence-corrected chi connectivity index (χ1v) is 13.2. The Labute approximate surface area is 231 Å². The highest BCUT2D eigenvalue weighted by molar-refractivity contribution is 14.1. The molecule has 1 aliphatic heterocycles. The summed E-state index contributed by atoms with van der Waals surface area (Å²) in [7, 11) is 1.57. The number of nitrogens with zero attached hydrogens (tertiary/aromatic N) is 1. The minimum Gasteiger partial charge on any atom is -0.493 e. The van der Waals surface area contributed by atoms with Gasteiger partial charge in [0.25, 0.3) is 11.1 Å². The van der Waals surface area contributed by atoms with Crippen LogP contribution in [0, 0.1) is 10.5 Å². The normalized spacial score (nSPS) is 14.7. The number of thioether (sulfide) groups is 1. The molecule has 0 N–H and O–H groups in total. The number of methoxy groups -OCH3 is 1. The first-order chi connectivity index (χ1) is 16.8. The lowest BCUT2D eigenvalue weighted by Crippen LogP contribution is -2.27. The van der Waals surface area contributed by atoms with E-state index in [1.165, 1.54) is 4.90 Å². The number of rotatable bonds is 7. The average Bonchev–Trinajstić information content (AvgIpc) is 3.08. The molecule has 3 aromatic rings. The van der Waals surface area contributed by atoms with Gasteiger partial charge in [0.15, 0.2) is 11.5 Å². The predicted octanol–water partition coefficient (Wildman–Crippen LogP) is 7.73. The maximum atomic E-state index is 13.0. The molecule has 1 heterocycles. The van der Waals surface area contributed by atoms with Crippen molar-refractivity contribution in [3.8, 4) is 11.5 Å².